The van der Waals surface area contributed by atoms with Gasteiger partial charge < -0.3 is 15.4 Å². The van der Waals surface area contributed by atoms with E-state index in [0.29, 0.717) is 37.2 Å². The van der Waals surface area contributed by atoms with Crippen molar-refractivity contribution in [3.63, 3.8) is 0 Å². The van der Waals surface area contributed by atoms with Gasteiger partial charge in [0.05, 0.1) is 5.56 Å². The molecule has 1 amide bonds. The van der Waals surface area contributed by atoms with Crippen LogP contribution in [0.4, 0.5) is 4.39 Å². The maximum Gasteiger partial charge on any atom is 0.257 e. The van der Waals surface area contributed by atoms with Gasteiger partial charge >= 0.3 is 0 Å². The molecule has 176 valence electrons. The first-order valence-electron chi connectivity index (χ1n) is 10.9. The first-order valence-corrected chi connectivity index (χ1v) is 10.9. The molecular formula is C24H32Cl2FN3O2. The summed E-state index contributed by atoms with van der Waals surface area (Å²) in [6, 6.07) is 12.4. The lowest BCUT2D eigenvalue weighted by atomic mass is 10.1. The van der Waals surface area contributed by atoms with Gasteiger partial charge in [0.25, 0.3) is 5.91 Å². The molecule has 0 radical (unpaired) electrons. The second kappa shape index (κ2) is 12.4. The zero-order valence-corrected chi connectivity index (χ0v) is 19.8. The summed E-state index contributed by atoms with van der Waals surface area (Å²) in [5.74, 6) is 0.341. The average molecular weight is 484 g/mol. The number of benzene rings is 2. The number of hydrogen-bond acceptors (Lipinski definition) is 4. The number of amides is 1. The Hall–Kier alpha value is -1.86. The lowest BCUT2D eigenvalue weighted by Gasteiger charge is -2.32. The van der Waals surface area contributed by atoms with Crippen molar-refractivity contribution in [1.29, 1.82) is 0 Å². The Morgan fingerprint density at radius 1 is 1.00 bits per heavy atom. The molecule has 5 nitrogen and oxygen atoms in total. The summed E-state index contributed by atoms with van der Waals surface area (Å²) >= 11 is 0. The van der Waals surface area contributed by atoms with E-state index in [1.54, 1.807) is 11.0 Å². The standard InChI is InChI=1S/C24H30FN3O2.2ClH/c25-23-9-8-21(30-20-6-4-18(5-7-20)10-12-26)16-22(23)24(29)28-15-11-19(17-28)27-13-2-1-3-14-27;;/h4-9,16,19H,1-3,10-15,17,26H2;2*1H. The number of nitrogens with zero attached hydrogens (tertiary/aromatic N) is 2. The van der Waals surface area contributed by atoms with E-state index in [9.17, 15) is 9.18 Å². The number of hydrogen-bond donors (Lipinski definition) is 1. The topological polar surface area (TPSA) is 58.8 Å². The van der Waals surface area contributed by atoms with Crippen LogP contribution in [-0.4, -0.2) is 54.5 Å². The van der Waals surface area contributed by atoms with Crippen LogP contribution in [0.15, 0.2) is 42.5 Å². The second-order valence-electron chi connectivity index (χ2n) is 8.22. The van der Waals surface area contributed by atoms with Crippen molar-refractivity contribution in [2.75, 3.05) is 32.7 Å². The molecular weight excluding hydrogens is 452 g/mol. The molecule has 2 aliphatic rings. The molecule has 0 aromatic heterocycles. The van der Waals surface area contributed by atoms with Crippen molar-refractivity contribution in [3.8, 4) is 11.5 Å². The molecule has 2 aliphatic heterocycles. The average Bonchev–Trinajstić information content (AvgIpc) is 3.27. The number of rotatable bonds is 6. The Morgan fingerprint density at radius 3 is 2.38 bits per heavy atom. The minimum absolute atomic E-state index is 0. The van der Waals surface area contributed by atoms with Crippen LogP contribution in [0.1, 0.15) is 41.6 Å². The van der Waals surface area contributed by atoms with Gasteiger partial charge in [-0.1, -0.05) is 18.6 Å². The minimum Gasteiger partial charge on any atom is -0.457 e. The molecule has 2 aromatic carbocycles. The van der Waals surface area contributed by atoms with Gasteiger partial charge in [-0.15, -0.1) is 24.8 Å². The minimum atomic E-state index is -0.507. The van der Waals surface area contributed by atoms with E-state index >= 15 is 0 Å². The fourth-order valence-electron chi connectivity index (χ4n) is 4.44. The van der Waals surface area contributed by atoms with Gasteiger partial charge in [0.15, 0.2) is 0 Å². The van der Waals surface area contributed by atoms with Crippen molar-refractivity contribution >= 4 is 30.7 Å². The highest BCUT2D eigenvalue weighted by molar-refractivity contribution is 5.95. The number of piperidine rings is 1. The van der Waals surface area contributed by atoms with Crippen molar-refractivity contribution in [2.24, 2.45) is 5.73 Å². The molecule has 2 saturated heterocycles. The number of nitrogens with two attached hydrogens (primary N) is 1. The van der Waals surface area contributed by atoms with E-state index < -0.39 is 5.82 Å². The van der Waals surface area contributed by atoms with Crippen LogP contribution >= 0.6 is 24.8 Å². The second-order valence-corrected chi connectivity index (χ2v) is 8.22. The van der Waals surface area contributed by atoms with E-state index in [-0.39, 0.29) is 36.3 Å². The maximum absolute atomic E-state index is 14.5. The Bertz CT molecular complexity index is 876. The van der Waals surface area contributed by atoms with Gasteiger partial charge in [-0.3, -0.25) is 9.69 Å². The number of ether oxygens (including phenoxy) is 1. The number of halogens is 3. The van der Waals surface area contributed by atoms with E-state index in [1.807, 2.05) is 24.3 Å². The summed E-state index contributed by atoms with van der Waals surface area (Å²) in [5.41, 5.74) is 6.79. The zero-order valence-electron chi connectivity index (χ0n) is 18.2. The smallest absolute Gasteiger partial charge is 0.257 e. The van der Waals surface area contributed by atoms with E-state index in [1.165, 1.54) is 31.4 Å². The Balaban J connectivity index is 0.00000181. The molecule has 8 heteroatoms. The molecule has 32 heavy (non-hydrogen) atoms. The van der Waals surface area contributed by atoms with Crippen molar-refractivity contribution in [1.82, 2.24) is 9.80 Å². The van der Waals surface area contributed by atoms with Crippen LogP contribution in [0.2, 0.25) is 0 Å². The molecule has 1 atom stereocenters. The van der Waals surface area contributed by atoms with Crippen LogP contribution in [0.25, 0.3) is 0 Å². The summed E-state index contributed by atoms with van der Waals surface area (Å²) in [7, 11) is 0. The normalized spacial score (nSPS) is 18.6. The zero-order chi connectivity index (χ0) is 20.9. The van der Waals surface area contributed by atoms with Crippen LogP contribution in [-0.2, 0) is 6.42 Å². The first-order chi connectivity index (χ1) is 14.6. The van der Waals surface area contributed by atoms with Crippen LogP contribution in [0.5, 0.6) is 11.5 Å². The van der Waals surface area contributed by atoms with Crippen LogP contribution < -0.4 is 10.5 Å². The molecule has 0 spiro atoms. The molecule has 0 bridgehead atoms. The molecule has 2 N–H and O–H groups in total. The molecule has 2 aromatic rings. The largest absolute Gasteiger partial charge is 0.457 e. The number of likely N-dealkylation sites (tertiary alicyclic amines) is 2. The maximum atomic E-state index is 14.5. The van der Waals surface area contributed by atoms with E-state index in [0.717, 1.165) is 31.5 Å². The number of carbonyl (C=O) groups excluding carboxylic acids is 1. The van der Waals surface area contributed by atoms with Crippen LogP contribution in [0.3, 0.4) is 0 Å². The highest BCUT2D eigenvalue weighted by Crippen LogP contribution is 2.27. The van der Waals surface area contributed by atoms with Crippen molar-refractivity contribution < 1.29 is 13.9 Å². The van der Waals surface area contributed by atoms with Gasteiger partial charge in [0, 0.05) is 19.1 Å². The molecule has 4 rings (SSSR count). The lowest BCUT2D eigenvalue weighted by molar-refractivity contribution is 0.0766. The summed E-state index contributed by atoms with van der Waals surface area (Å²) in [5, 5.41) is 0. The third-order valence-electron chi connectivity index (χ3n) is 6.12. The molecule has 1 unspecified atom stereocenters. The van der Waals surface area contributed by atoms with Crippen LogP contribution in [0, 0.1) is 5.82 Å². The Morgan fingerprint density at radius 2 is 1.69 bits per heavy atom. The predicted molar refractivity (Wildman–Crippen MR) is 130 cm³/mol. The summed E-state index contributed by atoms with van der Waals surface area (Å²) in [6.45, 7) is 4.15. The lowest BCUT2D eigenvalue weighted by Crippen LogP contribution is -2.41. The fraction of sp³-hybridized carbons (Fsp3) is 0.458. The van der Waals surface area contributed by atoms with Gasteiger partial charge in [-0.2, -0.15) is 0 Å². The third kappa shape index (κ3) is 6.35. The summed E-state index contributed by atoms with van der Waals surface area (Å²) in [6.07, 6.45) is 5.51. The number of carbonyl (C=O) groups is 1. The predicted octanol–water partition coefficient (Wildman–Crippen LogP) is 4.66. The monoisotopic (exact) mass is 483 g/mol. The van der Waals surface area contributed by atoms with E-state index in [2.05, 4.69) is 4.90 Å². The van der Waals surface area contributed by atoms with Gasteiger partial charge in [-0.05, 0) is 81.2 Å². The Kier molecular flexibility index (Phi) is 10.2. The first kappa shape index (κ1) is 26.4. The summed E-state index contributed by atoms with van der Waals surface area (Å²) < 4.78 is 20.3. The Labute approximate surface area is 201 Å². The molecule has 0 aliphatic carbocycles. The van der Waals surface area contributed by atoms with Crippen molar-refractivity contribution in [3.05, 3.63) is 59.4 Å². The SMILES string of the molecule is Cl.Cl.NCCc1ccc(Oc2ccc(F)c(C(=O)N3CCC(N4CCCCC4)C3)c2)cc1. The van der Waals surface area contributed by atoms with Gasteiger partial charge in [0.1, 0.15) is 17.3 Å². The summed E-state index contributed by atoms with van der Waals surface area (Å²) in [4.78, 5) is 17.3. The van der Waals surface area contributed by atoms with E-state index in [4.69, 9.17) is 10.5 Å². The third-order valence-corrected chi connectivity index (χ3v) is 6.12. The highest BCUT2D eigenvalue weighted by atomic mass is 35.5. The van der Waals surface area contributed by atoms with Crippen molar-refractivity contribution in [2.45, 2.75) is 38.1 Å². The quantitative estimate of drug-likeness (QED) is 0.648. The fourth-order valence-corrected chi connectivity index (χ4v) is 4.44. The molecule has 0 saturated carbocycles. The molecule has 2 fully saturated rings. The molecule has 2 heterocycles. The highest BCUT2D eigenvalue weighted by Gasteiger charge is 2.32. The van der Waals surface area contributed by atoms with Gasteiger partial charge in [-0.25, -0.2) is 4.39 Å². The van der Waals surface area contributed by atoms with Gasteiger partial charge in [0.2, 0.25) is 0 Å².